The van der Waals surface area contributed by atoms with Crippen molar-refractivity contribution in [2.75, 3.05) is 25.4 Å². The molecule has 0 atom stereocenters. The summed E-state index contributed by atoms with van der Waals surface area (Å²) in [6, 6.07) is 11.5. The van der Waals surface area contributed by atoms with Crippen molar-refractivity contribution in [2.24, 2.45) is 0 Å². The van der Waals surface area contributed by atoms with Crippen molar-refractivity contribution in [3.8, 4) is 0 Å². The number of carbonyl (C=O) groups excluding carboxylic acids is 2. The minimum Gasteiger partial charge on any atom is -0.342 e. The summed E-state index contributed by atoms with van der Waals surface area (Å²) in [6.07, 6.45) is -3.05. The third-order valence-corrected chi connectivity index (χ3v) is 5.89. The zero-order chi connectivity index (χ0) is 21.6. The molecule has 2 heterocycles. The highest BCUT2D eigenvalue weighted by Gasteiger charge is 2.29. The number of aromatic amines is 1. The van der Waals surface area contributed by atoms with Gasteiger partial charge in [-0.15, -0.1) is 11.8 Å². The molecule has 162 valence electrons. The Labute approximate surface area is 176 Å². The summed E-state index contributed by atoms with van der Waals surface area (Å²) in [4.78, 5) is 26.0. The maximum atomic E-state index is 12.4. The number of hydrogen-bond donors (Lipinski definition) is 2. The van der Waals surface area contributed by atoms with E-state index in [0.717, 1.165) is 5.75 Å². The quantitative estimate of drug-likeness (QED) is 0.692. The molecular formula is C20H23F3N4O2S. The maximum Gasteiger partial charge on any atom is 0.405 e. The molecule has 6 nitrogen and oxygen atoms in total. The van der Waals surface area contributed by atoms with Gasteiger partial charge in [-0.1, -0.05) is 30.3 Å². The number of thioether (sulfide) groups is 1. The standard InChI is InChI=1S/C20H23F3N4O2S/c21-20(22,23)13-24-19(29)17-10-16(25-26-17)15-6-8-27(9-7-15)18(28)12-30-11-14-4-2-1-3-5-14/h1-5,10,15H,6-9,11-13H2,(H,24,29)(H,25,26). The number of aromatic nitrogens is 2. The first-order chi connectivity index (χ1) is 14.3. The second-order valence-electron chi connectivity index (χ2n) is 7.14. The molecule has 30 heavy (non-hydrogen) atoms. The van der Waals surface area contributed by atoms with Crippen LogP contribution >= 0.6 is 11.8 Å². The first kappa shape index (κ1) is 22.2. The van der Waals surface area contributed by atoms with Crippen molar-refractivity contribution in [2.45, 2.75) is 30.7 Å². The molecular weight excluding hydrogens is 417 g/mol. The van der Waals surface area contributed by atoms with E-state index >= 15 is 0 Å². The first-order valence-electron chi connectivity index (χ1n) is 9.61. The van der Waals surface area contributed by atoms with E-state index in [1.807, 2.05) is 35.2 Å². The number of amides is 2. The van der Waals surface area contributed by atoms with E-state index < -0.39 is 18.6 Å². The average Bonchev–Trinajstić information content (AvgIpc) is 3.23. The van der Waals surface area contributed by atoms with Crippen LogP contribution in [0.5, 0.6) is 0 Å². The predicted molar refractivity (Wildman–Crippen MR) is 108 cm³/mol. The Balaban J connectivity index is 1.42. The van der Waals surface area contributed by atoms with Crippen molar-refractivity contribution in [3.63, 3.8) is 0 Å². The number of benzene rings is 1. The molecule has 3 rings (SSSR count). The molecule has 2 aromatic rings. The molecule has 1 aromatic carbocycles. The third kappa shape index (κ3) is 6.51. The molecule has 0 unspecified atom stereocenters. The second kappa shape index (κ2) is 10.0. The van der Waals surface area contributed by atoms with Crippen LogP contribution < -0.4 is 5.32 Å². The number of nitrogens with one attached hydrogen (secondary N) is 2. The van der Waals surface area contributed by atoms with Gasteiger partial charge < -0.3 is 10.2 Å². The fourth-order valence-corrected chi connectivity index (χ4v) is 4.18. The molecule has 10 heteroatoms. The minimum absolute atomic E-state index is 0.0648. The van der Waals surface area contributed by atoms with Crippen LogP contribution in [-0.2, 0) is 10.5 Å². The lowest BCUT2D eigenvalue weighted by Crippen LogP contribution is -2.39. The van der Waals surface area contributed by atoms with Gasteiger partial charge in [0.2, 0.25) is 5.91 Å². The lowest BCUT2D eigenvalue weighted by molar-refractivity contribution is -0.129. The number of hydrogen-bond acceptors (Lipinski definition) is 4. The lowest BCUT2D eigenvalue weighted by atomic mass is 9.93. The Bertz CT molecular complexity index is 849. The number of alkyl halides is 3. The van der Waals surface area contributed by atoms with Gasteiger partial charge in [-0.05, 0) is 24.5 Å². The largest absolute Gasteiger partial charge is 0.405 e. The highest BCUT2D eigenvalue weighted by molar-refractivity contribution is 7.99. The van der Waals surface area contributed by atoms with Gasteiger partial charge in [0, 0.05) is 30.5 Å². The van der Waals surface area contributed by atoms with E-state index in [2.05, 4.69) is 10.2 Å². The molecule has 0 radical (unpaired) electrons. The van der Waals surface area contributed by atoms with Crippen molar-refractivity contribution < 1.29 is 22.8 Å². The zero-order valence-corrected chi connectivity index (χ0v) is 17.1. The van der Waals surface area contributed by atoms with Crippen LogP contribution in [0.3, 0.4) is 0 Å². The number of H-pyrrole nitrogens is 1. The number of piperidine rings is 1. The summed E-state index contributed by atoms with van der Waals surface area (Å²) < 4.78 is 36.7. The number of carbonyl (C=O) groups is 2. The fourth-order valence-electron chi connectivity index (χ4n) is 3.29. The predicted octanol–water partition coefficient (Wildman–Crippen LogP) is 3.34. The van der Waals surface area contributed by atoms with E-state index in [0.29, 0.717) is 37.4 Å². The molecule has 1 fully saturated rings. The van der Waals surface area contributed by atoms with Crippen molar-refractivity contribution in [1.82, 2.24) is 20.4 Å². The van der Waals surface area contributed by atoms with Gasteiger partial charge in [0.25, 0.3) is 5.91 Å². The molecule has 1 aromatic heterocycles. The van der Waals surface area contributed by atoms with Crippen molar-refractivity contribution >= 4 is 23.6 Å². The molecule has 1 aliphatic heterocycles. The molecule has 2 N–H and O–H groups in total. The normalized spacial score (nSPS) is 15.2. The fraction of sp³-hybridized carbons (Fsp3) is 0.450. The van der Waals surface area contributed by atoms with Gasteiger partial charge in [-0.2, -0.15) is 18.3 Å². The Morgan fingerprint density at radius 1 is 1.20 bits per heavy atom. The summed E-state index contributed by atoms with van der Waals surface area (Å²) in [5.74, 6) is 0.538. The molecule has 1 saturated heterocycles. The highest BCUT2D eigenvalue weighted by atomic mass is 32.2. The monoisotopic (exact) mass is 440 g/mol. The summed E-state index contributed by atoms with van der Waals surface area (Å²) in [6.45, 7) is -0.190. The van der Waals surface area contributed by atoms with Crippen LogP contribution in [0.4, 0.5) is 13.2 Å². The van der Waals surface area contributed by atoms with Gasteiger partial charge in [0.15, 0.2) is 0 Å². The topological polar surface area (TPSA) is 78.1 Å². The average molecular weight is 440 g/mol. The summed E-state index contributed by atoms with van der Waals surface area (Å²) >= 11 is 1.59. The smallest absolute Gasteiger partial charge is 0.342 e. The Morgan fingerprint density at radius 3 is 2.57 bits per heavy atom. The SMILES string of the molecule is O=C(NCC(F)(F)F)c1cc(C2CCN(C(=O)CSCc3ccccc3)CC2)[nH]n1. The van der Waals surface area contributed by atoms with Gasteiger partial charge in [0.05, 0.1) is 5.75 Å². The van der Waals surface area contributed by atoms with Crippen LogP contribution in [0.25, 0.3) is 0 Å². The van der Waals surface area contributed by atoms with Crippen LogP contribution in [-0.4, -0.2) is 58.5 Å². The van der Waals surface area contributed by atoms with Gasteiger partial charge in [-0.25, -0.2) is 0 Å². The molecule has 2 amide bonds. The van der Waals surface area contributed by atoms with Crippen LogP contribution in [0, 0.1) is 0 Å². The van der Waals surface area contributed by atoms with Crippen LogP contribution in [0.15, 0.2) is 36.4 Å². The summed E-state index contributed by atoms with van der Waals surface area (Å²) in [5.41, 5.74) is 1.83. The minimum atomic E-state index is -4.46. The molecule has 1 aliphatic rings. The lowest BCUT2D eigenvalue weighted by Gasteiger charge is -2.31. The van der Waals surface area contributed by atoms with E-state index in [4.69, 9.17) is 0 Å². The van der Waals surface area contributed by atoms with Crippen molar-refractivity contribution in [1.29, 1.82) is 0 Å². The molecule has 0 aliphatic carbocycles. The van der Waals surface area contributed by atoms with E-state index in [-0.39, 0.29) is 17.5 Å². The van der Waals surface area contributed by atoms with Crippen molar-refractivity contribution in [3.05, 3.63) is 53.3 Å². The Kier molecular flexibility index (Phi) is 7.41. The number of nitrogens with zero attached hydrogens (tertiary/aromatic N) is 2. The second-order valence-corrected chi connectivity index (χ2v) is 8.13. The van der Waals surface area contributed by atoms with E-state index in [9.17, 15) is 22.8 Å². The van der Waals surface area contributed by atoms with E-state index in [1.54, 1.807) is 17.1 Å². The molecule has 0 spiro atoms. The Hall–Kier alpha value is -2.49. The molecule has 0 bridgehead atoms. The third-order valence-electron chi connectivity index (χ3n) is 4.90. The summed E-state index contributed by atoms with van der Waals surface area (Å²) in [7, 11) is 0. The van der Waals surface area contributed by atoms with Crippen LogP contribution in [0.1, 0.15) is 40.5 Å². The number of halogens is 3. The number of likely N-dealkylation sites (tertiary alicyclic amines) is 1. The van der Waals surface area contributed by atoms with E-state index in [1.165, 1.54) is 11.6 Å². The van der Waals surface area contributed by atoms with Gasteiger partial charge in [0.1, 0.15) is 12.2 Å². The number of rotatable bonds is 7. The zero-order valence-electron chi connectivity index (χ0n) is 16.2. The maximum absolute atomic E-state index is 12.4. The highest BCUT2D eigenvalue weighted by Crippen LogP contribution is 2.27. The van der Waals surface area contributed by atoms with Crippen LogP contribution in [0.2, 0.25) is 0 Å². The Morgan fingerprint density at radius 2 is 1.90 bits per heavy atom. The van der Waals surface area contributed by atoms with Gasteiger partial charge >= 0.3 is 6.18 Å². The molecule has 0 saturated carbocycles. The first-order valence-corrected chi connectivity index (χ1v) is 10.8. The summed E-state index contributed by atoms with van der Waals surface area (Å²) in [5, 5.41) is 8.38. The van der Waals surface area contributed by atoms with Gasteiger partial charge in [-0.3, -0.25) is 14.7 Å².